The summed E-state index contributed by atoms with van der Waals surface area (Å²) in [6.07, 6.45) is 3.60. The molecule has 150 valence electrons. The molecule has 0 spiro atoms. The van der Waals surface area contributed by atoms with Crippen LogP contribution in [0.2, 0.25) is 0 Å². The fraction of sp³-hybridized carbons (Fsp3) is 0.238. The Bertz CT molecular complexity index is 1000. The maximum atomic E-state index is 12.6. The number of carbonyl (C=O) groups is 1. The lowest BCUT2D eigenvalue weighted by Gasteiger charge is -2.13. The third-order valence-electron chi connectivity index (χ3n) is 4.51. The van der Waals surface area contributed by atoms with E-state index in [9.17, 15) is 4.79 Å². The minimum atomic E-state index is -0.302. The van der Waals surface area contributed by atoms with E-state index in [2.05, 4.69) is 10.3 Å². The summed E-state index contributed by atoms with van der Waals surface area (Å²) < 4.78 is 17.8. The van der Waals surface area contributed by atoms with Gasteiger partial charge in [-0.25, -0.2) is 4.98 Å². The van der Waals surface area contributed by atoms with E-state index in [0.717, 1.165) is 27.9 Å². The molecule has 1 N–H and O–H groups in total. The van der Waals surface area contributed by atoms with E-state index in [1.54, 1.807) is 13.3 Å². The molecule has 0 bridgehead atoms. The van der Waals surface area contributed by atoms with Crippen LogP contribution in [-0.4, -0.2) is 34.6 Å². The molecule has 0 saturated carbocycles. The van der Waals surface area contributed by atoms with Crippen molar-refractivity contribution in [3.8, 4) is 22.9 Å². The Balaban J connectivity index is 1.37. The summed E-state index contributed by atoms with van der Waals surface area (Å²) in [5.41, 5.74) is 1.92. The average molecular weight is 411 g/mol. The van der Waals surface area contributed by atoms with E-state index in [0.29, 0.717) is 12.3 Å². The first-order valence-electron chi connectivity index (χ1n) is 9.15. The van der Waals surface area contributed by atoms with E-state index in [4.69, 9.17) is 14.2 Å². The number of carbonyl (C=O) groups excluding carboxylic acids is 1. The number of rotatable bonds is 7. The first-order valence-corrected chi connectivity index (χ1v) is 10.0. The summed E-state index contributed by atoms with van der Waals surface area (Å²) in [7, 11) is 1.64. The maximum absolute atomic E-state index is 12.6. The molecule has 2 heterocycles. The van der Waals surface area contributed by atoms with Crippen LogP contribution in [0.5, 0.6) is 17.2 Å². The predicted molar refractivity (Wildman–Crippen MR) is 110 cm³/mol. The highest BCUT2D eigenvalue weighted by molar-refractivity contribution is 8.00. The topological polar surface area (TPSA) is 74.6 Å². The second-order valence-electron chi connectivity index (χ2n) is 6.44. The molecule has 2 aromatic carbocycles. The minimum Gasteiger partial charge on any atom is -0.497 e. The van der Waals surface area contributed by atoms with E-state index in [-0.39, 0.29) is 18.0 Å². The van der Waals surface area contributed by atoms with Crippen LogP contribution >= 0.6 is 11.8 Å². The molecule has 29 heavy (non-hydrogen) atoms. The second-order valence-corrected chi connectivity index (χ2v) is 7.75. The van der Waals surface area contributed by atoms with E-state index in [1.165, 1.54) is 11.8 Å². The molecule has 1 atom stereocenters. The van der Waals surface area contributed by atoms with Crippen molar-refractivity contribution in [2.24, 2.45) is 0 Å². The molecule has 1 unspecified atom stereocenters. The molecular weight excluding hydrogens is 390 g/mol. The van der Waals surface area contributed by atoms with E-state index >= 15 is 0 Å². The van der Waals surface area contributed by atoms with Crippen LogP contribution < -0.4 is 19.5 Å². The zero-order valence-electron chi connectivity index (χ0n) is 16.1. The van der Waals surface area contributed by atoms with Crippen molar-refractivity contribution >= 4 is 17.7 Å². The van der Waals surface area contributed by atoms with Crippen molar-refractivity contribution in [3.63, 3.8) is 0 Å². The zero-order valence-corrected chi connectivity index (χ0v) is 16.9. The summed E-state index contributed by atoms with van der Waals surface area (Å²) in [6, 6.07) is 13.4. The number of nitrogens with zero attached hydrogens (tertiary/aromatic N) is 2. The minimum absolute atomic E-state index is 0.0584. The van der Waals surface area contributed by atoms with Gasteiger partial charge in [-0.15, -0.1) is 0 Å². The standard InChI is InChI=1S/C21H21N3O4S/c1-14(20(25)23-12-15-3-8-18-19(11-15)28-13-27-18)29-21-22-9-10-24(21)16-4-6-17(26-2)7-5-16/h3-11,14H,12-13H2,1-2H3,(H,23,25). The first kappa shape index (κ1) is 19.2. The van der Waals surface area contributed by atoms with Crippen molar-refractivity contribution in [2.45, 2.75) is 23.9 Å². The van der Waals surface area contributed by atoms with Gasteiger partial charge in [0, 0.05) is 24.6 Å². The molecule has 7 nitrogen and oxygen atoms in total. The third-order valence-corrected chi connectivity index (χ3v) is 5.59. The van der Waals surface area contributed by atoms with Crippen molar-refractivity contribution < 1.29 is 19.0 Å². The zero-order chi connectivity index (χ0) is 20.2. The monoisotopic (exact) mass is 411 g/mol. The quantitative estimate of drug-likeness (QED) is 0.601. The largest absolute Gasteiger partial charge is 0.497 e. The lowest BCUT2D eigenvalue weighted by Crippen LogP contribution is -2.30. The van der Waals surface area contributed by atoms with Gasteiger partial charge in [-0.05, 0) is 48.9 Å². The highest BCUT2D eigenvalue weighted by Gasteiger charge is 2.18. The SMILES string of the molecule is COc1ccc(-n2ccnc2SC(C)C(=O)NCc2ccc3c(c2)OCO3)cc1. The van der Waals surface area contributed by atoms with Gasteiger partial charge in [0.2, 0.25) is 12.7 Å². The smallest absolute Gasteiger partial charge is 0.233 e. The maximum Gasteiger partial charge on any atom is 0.233 e. The van der Waals surface area contributed by atoms with Crippen LogP contribution in [0.15, 0.2) is 60.0 Å². The lowest BCUT2D eigenvalue weighted by molar-refractivity contribution is -0.120. The van der Waals surface area contributed by atoms with Gasteiger partial charge < -0.3 is 19.5 Å². The van der Waals surface area contributed by atoms with Crippen LogP contribution in [0.1, 0.15) is 12.5 Å². The van der Waals surface area contributed by atoms with Gasteiger partial charge in [-0.3, -0.25) is 9.36 Å². The molecule has 1 aliphatic heterocycles. The summed E-state index contributed by atoms with van der Waals surface area (Å²) in [5.74, 6) is 2.17. The number of nitrogens with one attached hydrogen (secondary N) is 1. The molecule has 0 aliphatic carbocycles. The molecule has 1 aromatic heterocycles. The summed E-state index contributed by atoms with van der Waals surface area (Å²) in [5, 5.41) is 3.42. The molecule has 8 heteroatoms. The van der Waals surface area contributed by atoms with Crippen LogP contribution in [0, 0.1) is 0 Å². The lowest BCUT2D eigenvalue weighted by atomic mass is 10.2. The van der Waals surface area contributed by atoms with Gasteiger partial charge in [-0.2, -0.15) is 0 Å². The van der Waals surface area contributed by atoms with Gasteiger partial charge in [-0.1, -0.05) is 17.8 Å². The summed E-state index contributed by atoms with van der Waals surface area (Å²) >= 11 is 1.41. The van der Waals surface area contributed by atoms with Crippen LogP contribution in [0.4, 0.5) is 0 Å². The number of thioether (sulfide) groups is 1. The summed E-state index contributed by atoms with van der Waals surface area (Å²) in [6.45, 7) is 2.53. The molecular formula is C21H21N3O4S. The summed E-state index contributed by atoms with van der Waals surface area (Å²) in [4.78, 5) is 17.0. The van der Waals surface area contributed by atoms with Gasteiger partial charge in [0.05, 0.1) is 12.4 Å². The fourth-order valence-corrected chi connectivity index (χ4v) is 3.82. The van der Waals surface area contributed by atoms with E-state index < -0.39 is 0 Å². The Morgan fingerprint density at radius 2 is 2.03 bits per heavy atom. The number of hydrogen-bond acceptors (Lipinski definition) is 6. The fourth-order valence-electron chi connectivity index (χ4n) is 2.91. The number of methoxy groups -OCH3 is 1. The number of aromatic nitrogens is 2. The van der Waals surface area contributed by atoms with Crippen LogP contribution in [-0.2, 0) is 11.3 Å². The van der Waals surface area contributed by atoms with E-state index in [1.807, 2.05) is 60.2 Å². The first-order chi connectivity index (χ1) is 14.1. The van der Waals surface area contributed by atoms with Crippen molar-refractivity contribution in [2.75, 3.05) is 13.9 Å². The molecule has 0 saturated heterocycles. The van der Waals surface area contributed by atoms with Crippen molar-refractivity contribution in [3.05, 3.63) is 60.4 Å². The Kier molecular flexibility index (Phi) is 5.62. The van der Waals surface area contributed by atoms with Crippen LogP contribution in [0.25, 0.3) is 5.69 Å². The number of hydrogen-bond donors (Lipinski definition) is 1. The predicted octanol–water partition coefficient (Wildman–Crippen LogP) is 3.41. The molecule has 1 aliphatic rings. The van der Waals surface area contributed by atoms with Gasteiger partial charge >= 0.3 is 0 Å². The van der Waals surface area contributed by atoms with Gasteiger partial charge in [0.15, 0.2) is 16.7 Å². The number of fused-ring (bicyclic) bond motifs is 1. The molecule has 0 radical (unpaired) electrons. The molecule has 0 fully saturated rings. The highest BCUT2D eigenvalue weighted by Crippen LogP contribution is 2.32. The average Bonchev–Trinajstić information content (AvgIpc) is 3.41. The Hall–Kier alpha value is -3.13. The third kappa shape index (κ3) is 4.32. The molecule has 4 rings (SSSR count). The Labute approximate surface area is 173 Å². The Morgan fingerprint density at radius 1 is 1.24 bits per heavy atom. The Morgan fingerprint density at radius 3 is 2.83 bits per heavy atom. The number of amides is 1. The number of imidazole rings is 1. The number of benzene rings is 2. The van der Waals surface area contributed by atoms with Gasteiger partial charge in [0.25, 0.3) is 0 Å². The van der Waals surface area contributed by atoms with Crippen molar-refractivity contribution in [1.82, 2.24) is 14.9 Å². The number of ether oxygens (including phenoxy) is 3. The van der Waals surface area contributed by atoms with Crippen LogP contribution in [0.3, 0.4) is 0 Å². The normalized spacial score (nSPS) is 13.2. The van der Waals surface area contributed by atoms with Gasteiger partial charge in [0.1, 0.15) is 5.75 Å². The molecule has 1 amide bonds. The van der Waals surface area contributed by atoms with Crippen molar-refractivity contribution in [1.29, 1.82) is 0 Å². The highest BCUT2D eigenvalue weighted by atomic mass is 32.2. The molecule has 3 aromatic rings. The second kappa shape index (κ2) is 8.48.